The highest BCUT2D eigenvalue weighted by molar-refractivity contribution is 5.82. The summed E-state index contributed by atoms with van der Waals surface area (Å²) in [5.41, 5.74) is -0.534. The normalized spacial score (nSPS) is 12.9. The first-order valence-electron chi connectivity index (χ1n) is 5.63. The highest BCUT2D eigenvalue weighted by Gasteiger charge is 2.24. The van der Waals surface area contributed by atoms with Gasteiger partial charge in [0.1, 0.15) is 6.04 Å². The van der Waals surface area contributed by atoms with Crippen molar-refractivity contribution >= 4 is 12.0 Å². The molecule has 0 rings (SSSR count). The standard InChI is InChI=1S/C11H22N2O4/c1-5-6-8(9(14)15)12-10(16)13-11(2,3)7-17-4/h8H,5-7H2,1-4H3,(H,14,15)(H2,12,13,16). The van der Waals surface area contributed by atoms with Gasteiger partial charge in [-0.1, -0.05) is 13.3 Å². The number of carboxylic acid groups (broad SMARTS) is 1. The van der Waals surface area contributed by atoms with E-state index >= 15 is 0 Å². The Bertz CT molecular complexity index is 266. The van der Waals surface area contributed by atoms with Gasteiger partial charge in [0.25, 0.3) is 0 Å². The number of methoxy groups -OCH3 is 1. The number of amides is 2. The second kappa shape index (κ2) is 7.11. The van der Waals surface area contributed by atoms with Crippen molar-refractivity contribution in [2.24, 2.45) is 0 Å². The molecule has 0 aliphatic heterocycles. The number of hydrogen-bond acceptors (Lipinski definition) is 3. The number of urea groups is 1. The summed E-state index contributed by atoms with van der Waals surface area (Å²) in [4.78, 5) is 22.4. The van der Waals surface area contributed by atoms with Crippen molar-refractivity contribution in [1.29, 1.82) is 0 Å². The lowest BCUT2D eigenvalue weighted by Gasteiger charge is -2.26. The maximum atomic E-state index is 11.6. The van der Waals surface area contributed by atoms with E-state index in [1.165, 1.54) is 0 Å². The van der Waals surface area contributed by atoms with Crippen molar-refractivity contribution in [3.8, 4) is 0 Å². The summed E-state index contributed by atoms with van der Waals surface area (Å²) in [7, 11) is 1.54. The zero-order valence-corrected chi connectivity index (χ0v) is 10.9. The lowest BCUT2D eigenvalue weighted by Crippen LogP contribution is -2.54. The van der Waals surface area contributed by atoms with Crippen LogP contribution in [0.25, 0.3) is 0 Å². The Labute approximate surface area is 102 Å². The van der Waals surface area contributed by atoms with Gasteiger partial charge in [-0.05, 0) is 20.3 Å². The predicted octanol–water partition coefficient (Wildman–Crippen LogP) is 0.964. The first-order valence-corrected chi connectivity index (χ1v) is 5.63. The van der Waals surface area contributed by atoms with Gasteiger partial charge < -0.3 is 20.5 Å². The van der Waals surface area contributed by atoms with Gasteiger partial charge in [-0.3, -0.25) is 0 Å². The van der Waals surface area contributed by atoms with Crippen LogP contribution in [-0.2, 0) is 9.53 Å². The van der Waals surface area contributed by atoms with Crippen LogP contribution in [0.15, 0.2) is 0 Å². The van der Waals surface area contributed by atoms with E-state index in [2.05, 4.69) is 10.6 Å². The Hall–Kier alpha value is -1.30. The second-order valence-corrected chi connectivity index (χ2v) is 4.59. The maximum Gasteiger partial charge on any atom is 0.326 e. The Morgan fingerprint density at radius 3 is 2.41 bits per heavy atom. The van der Waals surface area contributed by atoms with Crippen molar-refractivity contribution in [2.75, 3.05) is 13.7 Å². The molecule has 0 bridgehead atoms. The molecule has 6 heteroatoms. The minimum atomic E-state index is -1.02. The van der Waals surface area contributed by atoms with Crippen molar-refractivity contribution in [3.05, 3.63) is 0 Å². The SMILES string of the molecule is CCCC(NC(=O)NC(C)(C)COC)C(=O)O. The van der Waals surface area contributed by atoms with Crippen LogP contribution in [0.5, 0.6) is 0 Å². The smallest absolute Gasteiger partial charge is 0.326 e. The molecule has 0 aromatic rings. The largest absolute Gasteiger partial charge is 0.480 e. The van der Waals surface area contributed by atoms with Crippen molar-refractivity contribution in [2.45, 2.75) is 45.2 Å². The third-order valence-electron chi connectivity index (χ3n) is 2.14. The Kier molecular flexibility index (Phi) is 6.57. The van der Waals surface area contributed by atoms with Crippen molar-refractivity contribution < 1.29 is 19.4 Å². The molecule has 3 N–H and O–H groups in total. The van der Waals surface area contributed by atoms with Gasteiger partial charge in [-0.2, -0.15) is 0 Å². The molecule has 0 aromatic heterocycles. The van der Waals surface area contributed by atoms with E-state index in [0.717, 1.165) is 0 Å². The van der Waals surface area contributed by atoms with E-state index < -0.39 is 23.6 Å². The van der Waals surface area contributed by atoms with Gasteiger partial charge in [0.05, 0.1) is 12.1 Å². The van der Waals surface area contributed by atoms with Crippen molar-refractivity contribution in [3.63, 3.8) is 0 Å². The van der Waals surface area contributed by atoms with Gasteiger partial charge in [0, 0.05) is 7.11 Å². The molecule has 0 saturated carbocycles. The van der Waals surface area contributed by atoms with Crippen LogP contribution in [0.2, 0.25) is 0 Å². The van der Waals surface area contributed by atoms with Crippen molar-refractivity contribution in [1.82, 2.24) is 10.6 Å². The zero-order valence-electron chi connectivity index (χ0n) is 10.9. The number of rotatable bonds is 7. The minimum absolute atomic E-state index is 0.353. The minimum Gasteiger partial charge on any atom is -0.480 e. The van der Waals surface area contributed by atoms with E-state index in [1.54, 1.807) is 21.0 Å². The van der Waals surface area contributed by atoms with Gasteiger partial charge >= 0.3 is 12.0 Å². The molecule has 6 nitrogen and oxygen atoms in total. The first-order chi connectivity index (χ1) is 7.82. The molecule has 17 heavy (non-hydrogen) atoms. The fourth-order valence-corrected chi connectivity index (χ4v) is 1.44. The molecule has 0 aliphatic carbocycles. The number of hydrogen-bond donors (Lipinski definition) is 3. The van der Waals surface area contributed by atoms with Crippen LogP contribution in [0.1, 0.15) is 33.6 Å². The van der Waals surface area contributed by atoms with E-state index in [0.29, 0.717) is 19.4 Å². The zero-order chi connectivity index (χ0) is 13.5. The number of nitrogens with one attached hydrogen (secondary N) is 2. The topological polar surface area (TPSA) is 87.7 Å². The van der Waals surface area contributed by atoms with Crippen LogP contribution in [0, 0.1) is 0 Å². The Balaban J connectivity index is 4.27. The van der Waals surface area contributed by atoms with E-state index in [-0.39, 0.29) is 0 Å². The van der Waals surface area contributed by atoms with E-state index in [9.17, 15) is 9.59 Å². The lowest BCUT2D eigenvalue weighted by atomic mass is 10.1. The predicted molar refractivity (Wildman–Crippen MR) is 64.0 cm³/mol. The quantitative estimate of drug-likeness (QED) is 0.624. The second-order valence-electron chi connectivity index (χ2n) is 4.59. The van der Waals surface area contributed by atoms with Gasteiger partial charge in [0.15, 0.2) is 0 Å². The Morgan fingerprint density at radius 2 is 2.00 bits per heavy atom. The third kappa shape index (κ3) is 6.78. The molecule has 0 heterocycles. The Morgan fingerprint density at radius 1 is 1.41 bits per heavy atom. The molecule has 2 amide bonds. The fourth-order valence-electron chi connectivity index (χ4n) is 1.44. The van der Waals surface area contributed by atoms with E-state index in [1.807, 2.05) is 6.92 Å². The summed E-state index contributed by atoms with van der Waals surface area (Å²) in [5.74, 6) is -1.02. The highest BCUT2D eigenvalue weighted by atomic mass is 16.5. The average Bonchev–Trinajstić information content (AvgIpc) is 2.15. The lowest BCUT2D eigenvalue weighted by molar-refractivity contribution is -0.139. The molecule has 0 saturated heterocycles. The molecule has 0 aliphatic rings. The van der Waals surface area contributed by atoms with Crippen LogP contribution in [0.3, 0.4) is 0 Å². The third-order valence-corrected chi connectivity index (χ3v) is 2.14. The molecule has 0 spiro atoms. The molecule has 0 fully saturated rings. The maximum absolute atomic E-state index is 11.6. The number of aliphatic carboxylic acids is 1. The summed E-state index contributed by atoms with van der Waals surface area (Å²) in [6.45, 7) is 5.81. The molecule has 0 aromatic carbocycles. The van der Waals surface area contributed by atoms with Crippen LogP contribution >= 0.6 is 0 Å². The molecule has 0 radical (unpaired) electrons. The van der Waals surface area contributed by atoms with Gasteiger partial charge in [0.2, 0.25) is 0 Å². The molecule has 100 valence electrons. The first kappa shape index (κ1) is 15.7. The van der Waals surface area contributed by atoms with Crippen LogP contribution in [0.4, 0.5) is 4.79 Å². The summed E-state index contributed by atoms with van der Waals surface area (Å²) < 4.78 is 4.95. The van der Waals surface area contributed by atoms with Gasteiger partial charge in [-0.25, -0.2) is 9.59 Å². The monoisotopic (exact) mass is 246 g/mol. The van der Waals surface area contributed by atoms with Crippen LogP contribution < -0.4 is 10.6 Å². The van der Waals surface area contributed by atoms with Crippen LogP contribution in [-0.4, -0.2) is 42.4 Å². The van der Waals surface area contributed by atoms with E-state index in [4.69, 9.17) is 9.84 Å². The number of carbonyl (C=O) groups excluding carboxylic acids is 1. The average molecular weight is 246 g/mol. The molecular formula is C11H22N2O4. The van der Waals surface area contributed by atoms with Gasteiger partial charge in [-0.15, -0.1) is 0 Å². The molecule has 1 unspecified atom stereocenters. The fraction of sp³-hybridized carbons (Fsp3) is 0.818. The molecular weight excluding hydrogens is 224 g/mol. The summed E-state index contributed by atoms with van der Waals surface area (Å²) in [6, 6.07) is -1.34. The number of carboxylic acids is 1. The number of ether oxygens (including phenoxy) is 1. The number of carbonyl (C=O) groups is 2. The summed E-state index contributed by atoms with van der Waals surface area (Å²) in [5, 5.41) is 14.0. The summed E-state index contributed by atoms with van der Waals surface area (Å²) >= 11 is 0. The highest BCUT2D eigenvalue weighted by Crippen LogP contribution is 2.02. The molecule has 1 atom stereocenters. The summed E-state index contributed by atoms with van der Waals surface area (Å²) in [6.07, 6.45) is 1.10.